The number of methoxy groups -OCH3 is 2. The Morgan fingerprint density at radius 1 is 0.739 bits per heavy atom. The molecule has 1 aliphatic rings. The van der Waals surface area contributed by atoms with Gasteiger partial charge in [0, 0.05) is 11.1 Å². The average molecular weight is 316 g/mol. The van der Waals surface area contributed by atoms with Gasteiger partial charge in [-0.05, 0) is 24.3 Å². The third kappa shape index (κ3) is 2.46. The van der Waals surface area contributed by atoms with E-state index in [0.717, 1.165) is 0 Å². The van der Waals surface area contributed by atoms with Crippen molar-refractivity contribution in [2.75, 3.05) is 14.2 Å². The smallest absolute Gasteiger partial charge is 0.336 e. The van der Waals surface area contributed by atoms with E-state index in [0.29, 0.717) is 11.5 Å². The summed E-state index contributed by atoms with van der Waals surface area (Å²) < 4.78 is 40.1. The Kier molecular flexibility index (Phi) is 3.82. The van der Waals surface area contributed by atoms with Gasteiger partial charge in [0.05, 0.1) is 14.2 Å². The zero-order chi connectivity index (χ0) is 16.4. The number of hydrogen-bond donors (Lipinski definition) is 0. The van der Waals surface area contributed by atoms with E-state index in [1.165, 1.54) is 26.4 Å². The van der Waals surface area contributed by atoms with Crippen LogP contribution in [0.5, 0.6) is 11.5 Å². The van der Waals surface area contributed by atoms with Crippen LogP contribution in [0, 0.1) is 0 Å². The van der Waals surface area contributed by atoms with Crippen molar-refractivity contribution in [1.82, 2.24) is 0 Å². The summed E-state index contributed by atoms with van der Waals surface area (Å²) >= 11 is 0. The average Bonchev–Trinajstić information content (AvgIpc) is 2.89. The van der Waals surface area contributed by atoms with Gasteiger partial charge in [-0.1, -0.05) is 24.3 Å². The molecule has 4 nitrogen and oxygen atoms in total. The fraction of sp³-hybridized carbons (Fsp3) is 0.176. The second kappa shape index (κ2) is 5.79. The van der Waals surface area contributed by atoms with Gasteiger partial charge in [-0.3, -0.25) is 0 Å². The van der Waals surface area contributed by atoms with Crippen molar-refractivity contribution < 1.29 is 18.3 Å². The molecule has 23 heavy (non-hydrogen) atoms. The molecule has 0 radical (unpaired) electrons. The number of halogens is 2. The second-order valence-corrected chi connectivity index (χ2v) is 4.87. The molecule has 2 aromatic rings. The second-order valence-electron chi connectivity index (χ2n) is 4.87. The topological polar surface area (TPSA) is 43.2 Å². The molecule has 2 aromatic carbocycles. The van der Waals surface area contributed by atoms with Gasteiger partial charge < -0.3 is 9.47 Å². The number of benzene rings is 2. The summed E-state index contributed by atoms with van der Waals surface area (Å²) in [6.07, 6.45) is 0. The lowest BCUT2D eigenvalue weighted by Crippen LogP contribution is -2.36. The van der Waals surface area contributed by atoms with Crippen molar-refractivity contribution >= 4 is 11.4 Å². The van der Waals surface area contributed by atoms with Gasteiger partial charge >= 0.3 is 5.92 Å². The first-order valence-electron chi connectivity index (χ1n) is 6.90. The van der Waals surface area contributed by atoms with Crippen LogP contribution in [0.25, 0.3) is 0 Å². The van der Waals surface area contributed by atoms with Crippen LogP contribution in [0.4, 0.5) is 8.78 Å². The highest BCUT2D eigenvalue weighted by Crippen LogP contribution is 2.36. The fourth-order valence-electron chi connectivity index (χ4n) is 2.46. The predicted molar refractivity (Wildman–Crippen MR) is 84.0 cm³/mol. The van der Waals surface area contributed by atoms with Gasteiger partial charge in [0.2, 0.25) is 0 Å². The number of hydrogen-bond acceptors (Lipinski definition) is 4. The molecular formula is C17H14F2N2O2. The molecule has 0 saturated carbocycles. The van der Waals surface area contributed by atoms with Crippen LogP contribution in [0.15, 0.2) is 58.7 Å². The normalized spacial score (nSPS) is 15.8. The van der Waals surface area contributed by atoms with Gasteiger partial charge in [-0.15, -0.1) is 10.2 Å². The van der Waals surface area contributed by atoms with E-state index in [9.17, 15) is 8.78 Å². The number of nitrogens with zero attached hydrogens (tertiary/aromatic N) is 2. The van der Waals surface area contributed by atoms with E-state index in [2.05, 4.69) is 10.2 Å². The molecule has 0 N–H and O–H groups in total. The molecule has 0 unspecified atom stereocenters. The van der Waals surface area contributed by atoms with Crippen molar-refractivity contribution in [1.29, 1.82) is 0 Å². The Hall–Kier alpha value is -2.76. The van der Waals surface area contributed by atoms with Crippen molar-refractivity contribution in [2.24, 2.45) is 10.2 Å². The predicted octanol–water partition coefficient (Wildman–Crippen LogP) is 3.55. The SMILES string of the molecule is COc1ccccc1C1=NN=C(c2ccccc2OC)C1(F)F. The monoisotopic (exact) mass is 316 g/mol. The number of para-hydroxylation sites is 2. The first-order valence-corrected chi connectivity index (χ1v) is 6.90. The molecule has 0 aliphatic carbocycles. The number of alkyl halides is 2. The summed E-state index contributed by atoms with van der Waals surface area (Å²) in [5, 5.41) is 7.44. The molecule has 0 bridgehead atoms. The molecular weight excluding hydrogens is 302 g/mol. The van der Waals surface area contributed by atoms with Crippen LogP contribution in [-0.2, 0) is 0 Å². The van der Waals surface area contributed by atoms with Crippen molar-refractivity contribution in [2.45, 2.75) is 5.92 Å². The Balaban J connectivity index is 2.04. The fourth-order valence-corrected chi connectivity index (χ4v) is 2.46. The third-order valence-corrected chi connectivity index (χ3v) is 3.57. The summed E-state index contributed by atoms with van der Waals surface area (Å²) in [4.78, 5) is 0. The maximum Gasteiger partial charge on any atom is 0.336 e. The van der Waals surface area contributed by atoms with Crippen LogP contribution in [0.2, 0.25) is 0 Å². The molecule has 0 saturated heterocycles. The van der Waals surface area contributed by atoms with Crippen molar-refractivity contribution in [3.8, 4) is 11.5 Å². The van der Waals surface area contributed by atoms with Gasteiger partial charge in [0.1, 0.15) is 22.9 Å². The molecule has 3 rings (SSSR count). The van der Waals surface area contributed by atoms with E-state index in [-0.39, 0.29) is 11.1 Å². The van der Waals surface area contributed by atoms with Crippen molar-refractivity contribution in [3.05, 3.63) is 59.7 Å². The lowest BCUT2D eigenvalue weighted by molar-refractivity contribution is 0.161. The molecule has 0 fully saturated rings. The quantitative estimate of drug-likeness (QED) is 0.866. The molecule has 0 aromatic heterocycles. The molecule has 6 heteroatoms. The zero-order valence-corrected chi connectivity index (χ0v) is 12.6. The lowest BCUT2D eigenvalue weighted by atomic mass is 9.96. The minimum Gasteiger partial charge on any atom is -0.496 e. The van der Waals surface area contributed by atoms with Crippen LogP contribution >= 0.6 is 0 Å². The summed E-state index contributed by atoms with van der Waals surface area (Å²) in [7, 11) is 2.85. The van der Waals surface area contributed by atoms with Crippen molar-refractivity contribution in [3.63, 3.8) is 0 Å². The van der Waals surface area contributed by atoms with Crippen LogP contribution in [0.3, 0.4) is 0 Å². The highest BCUT2D eigenvalue weighted by Gasteiger charge is 2.49. The molecule has 118 valence electrons. The van der Waals surface area contributed by atoms with E-state index in [4.69, 9.17) is 9.47 Å². The Bertz CT molecular complexity index is 735. The molecule has 1 heterocycles. The third-order valence-electron chi connectivity index (χ3n) is 3.57. The van der Waals surface area contributed by atoms with E-state index >= 15 is 0 Å². The molecule has 1 aliphatic heterocycles. The minimum absolute atomic E-state index is 0.216. The maximum atomic E-state index is 14.9. The zero-order valence-electron chi connectivity index (χ0n) is 12.6. The summed E-state index contributed by atoms with van der Waals surface area (Å²) in [6.45, 7) is 0. The van der Waals surface area contributed by atoms with Crippen LogP contribution in [0.1, 0.15) is 11.1 Å². The van der Waals surface area contributed by atoms with E-state index < -0.39 is 17.3 Å². The van der Waals surface area contributed by atoms with E-state index in [1.807, 2.05) is 0 Å². The first-order chi connectivity index (χ1) is 11.1. The van der Waals surface area contributed by atoms with Gasteiger partial charge in [0.25, 0.3) is 0 Å². The van der Waals surface area contributed by atoms with Crippen LogP contribution in [-0.4, -0.2) is 31.6 Å². The van der Waals surface area contributed by atoms with Gasteiger partial charge in [-0.2, -0.15) is 8.78 Å². The van der Waals surface area contributed by atoms with E-state index in [1.54, 1.807) is 36.4 Å². The number of ether oxygens (including phenoxy) is 2. The number of rotatable bonds is 4. The van der Waals surface area contributed by atoms with Crippen LogP contribution < -0.4 is 9.47 Å². The standard InChI is InChI=1S/C17H14F2N2O2/c1-22-13-9-5-3-7-11(13)15-17(18,19)16(21-20-15)12-8-4-6-10-14(12)23-2/h3-10H,1-2H3. The molecule has 0 spiro atoms. The summed E-state index contributed by atoms with van der Waals surface area (Å²) in [5.41, 5.74) is -0.436. The largest absolute Gasteiger partial charge is 0.496 e. The highest BCUT2D eigenvalue weighted by atomic mass is 19.3. The minimum atomic E-state index is -3.34. The highest BCUT2D eigenvalue weighted by molar-refractivity contribution is 6.28. The van der Waals surface area contributed by atoms with Gasteiger partial charge in [-0.25, -0.2) is 0 Å². The summed E-state index contributed by atoms with van der Waals surface area (Å²) in [5.74, 6) is -2.70. The first kappa shape index (κ1) is 15.1. The van der Waals surface area contributed by atoms with Gasteiger partial charge in [0.15, 0.2) is 0 Å². The lowest BCUT2D eigenvalue weighted by Gasteiger charge is -2.18. The molecule has 0 atom stereocenters. The Morgan fingerprint density at radius 2 is 1.13 bits per heavy atom. The Morgan fingerprint density at radius 3 is 1.52 bits per heavy atom. The Labute approximate surface area is 132 Å². The maximum absolute atomic E-state index is 14.9. The summed E-state index contributed by atoms with van der Waals surface area (Å²) in [6, 6.07) is 13.0. The molecule has 0 amide bonds.